The molecule has 2 N–H and O–H groups in total. The van der Waals surface area contributed by atoms with Crippen LogP contribution >= 0.6 is 0 Å². The Morgan fingerprint density at radius 2 is 2.29 bits per heavy atom. The van der Waals surface area contributed by atoms with Gasteiger partial charge < -0.3 is 5.73 Å². The number of nitrogen functional groups attached to an aromatic ring is 1. The monoisotopic (exact) mass is 189 g/mol. The summed E-state index contributed by atoms with van der Waals surface area (Å²) in [6.07, 6.45) is 1.75. The Hall–Kier alpha value is -1.91. The first kappa shape index (κ1) is 8.68. The summed E-state index contributed by atoms with van der Waals surface area (Å²) < 4.78 is 1.73. The molecule has 0 unspecified atom stereocenters. The highest BCUT2D eigenvalue weighted by atomic mass is 15.4. The van der Waals surface area contributed by atoms with Gasteiger partial charge in [0.15, 0.2) is 5.82 Å². The van der Waals surface area contributed by atoms with Crippen LogP contribution in [0.1, 0.15) is 11.4 Å². The van der Waals surface area contributed by atoms with Gasteiger partial charge in [-0.05, 0) is 19.1 Å². The molecule has 0 aliphatic rings. The van der Waals surface area contributed by atoms with E-state index in [0.717, 1.165) is 11.4 Å². The van der Waals surface area contributed by atoms with Crippen molar-refractivity contribution in [2.45, 2.75) is 13.5 Å². The lowest BCUT2D eigenvalue weighted by Crippen LogP contribution is -2.05. The molecule has 0 saturated heterocycles. The third-order valence-electron chi connectivity index (χ3n) is 2.06. The van der Waals surface area contributed by atoms with E-state index in [-0.39, 0.29) is 0 Å². The Labute approximate surface area is 81.6 Å². The van der Waals surface area contributed by atoms with Gasteiger partial charge >= 0.3 is 0 Å². The van der Waals surface area contributed by atoms with Gasteiger partial charge in [-0.25, -0.2) is 4.68 Å². The fourth-order valence-electron chi connectivity index (χ4n) is 1.17. The first-order valence-corrected chi connectivity index (χ1v) is 4.33. The maximum atomic E-state index is 5.58. The second-order valence-electron chi connectivity index (χ2n) is 3.04. The standard InChI is InChI=1S/C9H11N5/c1-7-9(10)12-13-14(7)6-8-4-2-3-5-11-8/h2-5H,6,10H2,1H3. The molecule has 0 radical (unpaired) electrons. The molecule has 2 aromatic rings. The molecule has 5 heteroatoms. The van der Waals surface area contributed by atoms with Gasteiger partial charge in [0.25, 0.3) is 0 Å². The van der Waals surface area contributed by atoms with Crippen LogP contribution in [0, 0.1) is 6.92 Å². The predicted octanol–water partition coefficient (Wildman–Crippen LogP) is 0.612. The van der Waals surface area contributed by atoms with E-state index in [1.807, 2.05) is 25.1 Å². The number of nitrogens with two attached hydrogens (primary N) is 1. The Kier molecular flexibility index (Phi) is 2.14. The summed E-state index contributed by atoms with van der Waals surface area (Å²) in [6.45, 7) is 2.50. The van der Waals surface area contributed by atoms with Crippen LogP contribution in [0.4, 0.5) is 5.82 Å². The molecular weight excluding hydrogens is 178 g/mol. The highest BCUT2D eigenvalue weighted by molar-refractivity contribution is 5.31. The summed E-state index contributed by atoms with van der Waals surface area (Å²) in [5.41, 5.74) is 7.40. The van der Waals surface area contributed by atoms with Crippen LogP contribution < -0.4 is 5.73 Å². The van der Waals surface area contributed by atoms with Gasteiger partial charge in [-0.15, -0.1) is 5.10 Å². The largest absolute Gasteiger partial charge is 0.381 e. The summed E-state index contributed by atoms with van der Waals surface area (Å²) in [6, 6.07) is 5.77. The number of rotatable bonds is 2. The molecule has 2 aromatic heterocycles. The highest BCUT2D eigenvalue weighted by Gasteiger charge is 2.04. The van der Waals surface area contributed by atoms with Crippen molar-refractivity contribution in [2.75, 3.05) is 5.73 Å². The third kappa shape index (κ3) is 1.56. The molecule has 0 amide bonds. The zero-order valence-corrected chi connectivity index (χ0v) is 7.88. The van der Waals surface area contributed by atoms with Gasteiger partial charge in [0, 0.05) is 6.20 Å². The zero-order chi connectivity index (χ0) is 9.97. The van der Waals surface area contributed by atoms with Crippen LogP contribution in [0.15, 0.2) is 24.4 Å². The van der Waals surface area contributed by atoms with E-state index in [0.29, 0.717) is 12.4 Å². The van der Waals surface area contributed by atoms with Crippen LogP contribution in [-0.4, -0.2) is 20.0 Å². The lowest BCUT2D eigenvalue weighted by molar-refractivity contribution is 0.623. The molecule has 0 bridgehead atoms. The summed E-state index contributed by atoms with van der Waals surface area (Å²) in [7, 11) is 0. The van der Waals surface area contributed by atoms with Crippen molar-refractivity contribution in [2.24, 2.45) is 0 Å². The molecule has 0 aliphatic carbocycles. The zero-order valence-electron chi connectivity index (χ0n) is 7.88. The first-order valence-electron chi connectivity index (χ1n) is 4.33. The lowest BCUT2D eigenvalue weighted by Gasteiger charge is -2.01. The molecular formula is C9H11N5. The van der Waals surface area contributed by atoms with Gasteiger partial charge in [-0.2, -0.15) is 0 Å². The Bertz CT molecular complexity index is 420. The summed E-state index contributed by atoms with van der Waals surface area (Å²) >= 11 is 0. The number of anilines is 1. The average Bonchev–Trinajstić information content (AvgIpc) is 2.52. The van der Waals surface area contributed by atoms with Gasteiger partial charge in [0.2, 0.25) is 0 Å². The van der Waals surface area contributed by atoms with Crippen molar-refractivity contribution >= 4 is 5.82 Å². The molecule has 2 heterocycles. The Balaban J connectivity index is 2.23. The van der Waals surface area contributed by atoms with Gasteiger partial charge in [-0.3, -0.25) is 4.98 Å². The molecule has 0 aromatic carbocycles. The SMILES string of the molecule is Cc1c(N)nnn1Cc1ccccn1. The van der Waals surface area contributed by atoms with Crippen LogP contribution in [-0.2, 0) is 6.54 Å². The van der Waals surface area contributed by atoms with E-state index in [2.05, 4.69) is 15.3 Å². The summed E-state index contributed by atoms with van der Waals surface area (Å²) in [5.74, 6) is 0.473. The smallest absolute Gasteiger partial charge is 0.168 e. The van der Waals surface area contributed by atoms with Crippen molar-refractivity contribution < 1.29 is 0 Å². The minimum absolute atomic E-state index is 0.473. The van der Waals surface area contributed by atoms with Crippen LogP contribution in [0.25, 0.3) is 0 Å². The first-order chi connectivity index (χ1) is 6.77. The quantitative estimate of drug-likeness (QED) is 0.751. The van der Waals surface area contributed by atoms with Gasteiger partial charge in [0.1, 0.15) is 0 Å². The fraction of sp³-hybridized carbons (Fsp3) is 0.222. The Morgan fingerprint density at radius 1 is 1.43 bits per heavy atom. The lowest BCUT2D eigenvalue weighted by atomic mass is 10.3. The molecule has 0 aliphatic heterocycles. The van der Waals surface area contributed by atoms with Crippen molar-refractivity contribution in [3.63, 3.8) is 0 Å². The Morgan fingerprint density at radius 3 is 2.86 bits per heavy atom. The molecule has 0 spiro atoms. The second-order valence-corrected chi connectivity index (χ2v) is 3.04. The minimum Gasteiger partial charge on any atom is -0.381 e. The third-order valence-corrected chi connectivity index (χ3v) is 2.06. The normalized spacial score (nSPS) is 10.4. The van der Waals surface area contributed by atoms with Crippen LogP contribution in [0.5, 0.6) is 0 Å². The van der Waals surface area contributed by atoms with Gasteiger partial charge in [0.05, 0.1) is 17.9 Å². The summed E-state index contributed by atoms with van der Waals surface area (Å²) in [5, 5.41) is 7.69. The molecule has 0 fully saturated rings. The maximum Gasteiger partial charge on any atom is 0.168 e. The van der Waals surface area contributed by atoms with E-state index in [9.17, 15) is 0 Å². The van der Waals surface area contributed by atoms with Crippen LogP contribution in [0.2, 0.25) is 0 Å². The average molecular weight is 189 g/mol. The van der Waals surface area contributed by atoms with E-state index >= 15 is 0 Å². The topological polar surface area (TPSA) is 69.6 Å². The van der Waals surface area contributed by atoms with E-state index < -0.39 is 0 Å². The number of aromatic nitrogens is 4. The molecule has 72 valence electrons. The van der Waals surface area contributed by atoms with E-state index in [1.54, 1.807) is 10.9 Å². The fourth-order valence-corrected chi connectivity index (χ4v) is 1.17. The highest BCUT2D eigenvalue weighted by Crippen LogP contribution is 2.06. The van der Waals surface area contributed by atoms with Crippen molar-refractivity contribution in [3.8, 4) is 0 Å². The van der Waals surface area contributed by atoms with E-state index in [1.165, 1.54) is 0 Å². The van der Waals surface area contributed by atoms with Crippen molar-refractivity contribution in [1.29, 1.82) is 0 Å². The minimum atomic E-state index is 0.473. The van der Waals surface area contributed by atoms with Crippen molar-refractivity contribution in [1.82, 2.24) is 20.0 Å². The van der Waals surface area contributed by atoms with Gasteiger partial charge in [-0.1, -0.05) is 11.3 Å². The molecule has 14 heavy (non-hydrogen) atoms. The van der Waals surface area contributed by atoms with E-state index in [4.69, 9.17) is 5.73 Å². The second kappa shape index (κ2) is 3.45. The molecule has 0 saturated carbocycles. The molecule has 5 nitrogen and oxygen atoms in total. The maximum absolute atomic E-state index is 5.58. The molecule has 0 atom stereocenters. The number of hydrogen-bond acceptors (Lipinski definition) is 4. The summed E-state index contributed by atoms with van der Waals surface area (Å²) in [4.78, 5) is 4.19. The number of hydrogen-bond donors (Lipinski definition) is 1. The molecule has 2 rings (SSSR count). The predicted molar refractivity (Wildman–Crippen MR) is 52.5 cm³/mol. The number of nitrogens with zero attached hydrogens (tertiary/aromatic N) is 4. The number of pyridine rings is 1. The van der Waals surface area contributed by atoms with Crippen molar-refractivity contribution in [3.05, 3.63) is 35.8 Å². The van der Waals surface area contributed by atoms with Crippen LogP contribution in [0.3, 0.4) is 0 Å².